The van der Waals surface area contributed by atoms with Crippen LogP contribution in [0.2, 0.25) is 0 Å². The van der Waals surface area contributed by atoms with Gasteiger partial charge >= 0.3 is 0 Å². The number of nitrogens with one attached hydrogen (secondary N) is 1. The van der Waals surface area contributed by atoms with Crippen molar-refractivity contribution in [3.63, 3.8) is 0 Å². The number of aliphatic hydroxyl groups excluding tert-OH is 3. The van der Waals surface area contributed by atoms with Crippen LogP contribution in [0.1, 0.15) is 24.1 Å². The topological polar surface area (TPSA) is 137 Å². The first-order valence-corrected chi connectivity index (χ1v) is 9.96. The molecule has 4 heterocycles. The molecule has 2 saturated heterocycles. The molecule has 4 N–H and O–H groups in total. The third-order valence-electron chi connectivity index (χ3n) is 5.98. The highest BCUT2D eigenvalue weighted by Gasteiger charge is 2.45. The summed E-state index contributed by atoms with van der Waals surface area (Å²) in [5.41, 5.74) is 1.22. The van der Waals surface area contributed by atoms with Gasteiger partial charge < -0.3 is 29.9 Å². The Balaban J connectivity index is 1.57. The Morgan fingerprint density at radius 2 is 2.00 bits per heavy atom. The van der Waals surface area contributed by atoms with Gasteiger partial charge in [0.25, 0.3) is 5.56 Å². The van der Waals surface area contributed by atoms with Crippen molar-refractivity contribution in [2.24, 2.45) is 0 Å². The maximum absolute atomic E-state index is 12.3. The summed E-state index contributed by atoms with van der Waals surface area (Å²) in [6.07, 6.45) is -2.34. The molecule has 3 unspecified atom stereocenters. The summed E-state index contributed by atoms with van der Waals surface area (Å²) in [7, 11) is 0. The molecule has 0 radical (unpaired) electrons. The fourth-order valence-corrected chi connectivity index (χ4v) is 4.40. The van der Waals surface area contributed by atoms with Crippen LogP contribution >= 0.6 is 0 Å². The van der Waals surface area contributed by atoms with Crippen LogP contribution in [0.4, 0.5) is 5.95 Å². The number of ether oxygens (including phenoxy) is 1. The summed E-state index contributed by atoms with van der Waals surface area (Å²) in [4.78, 5) is 25.7. The first-order chi connectivity index (χ1) is 14.6. The molecule has 2 fully saturated rings. The Hall–Kier alpha value is -2.79. The lowest BCUT2D eigenvalue weighted by atomic mass is 9.99. The Labute approximate surface area is 171 Å². The molecule has 30 heavy (non-hydrogen) atoms. The van der Waals surface area contributed by atoms with Crippen LogP contribution in [0.3, 0.4) is 0 Å². The molecule has 5 atom stereocenters. The lowest BCUT2D eigenvalue weighted by molar-refractivity contribution is -0.0504. The summed E-state index contributed by atoms with van der Waals surface area (Å²) in [6, 6.07) is 10.2. The molecule has 2 aliphatic rings. The fraction of sp³-hybridized carbons (Fsp3) is 0.450. The van der Waals surface area contributed by atoms with Crippen molar-refractivity contribution in [1.29, 1.82) is 0 Å². The van der Waals surface area contributed by atoms with Crippen LogP contribution in [-0.2, 0) is 4.74 Å². The molecule has 2 aliphatic heterocycles. The van der Waals surface area contributed by atoms with Crippen LogP contribution in [0.5, 0.6) is 0 Å². The minimum atomic E-state index is -1.30. The second-order valence-electron chi connectivity index (χ2n) is 7.76. The second kappa shape index (κ2) is 7.47. The van der Waals surface area contributed by atoms with Crippen LogP contribution in [0, 0.1) is 0 Å². The van der Waals surface area contributed by atoms with Crippen molar-refractivity contribution < 1.29 is 20.1 Å². The predicted molar refractivity (Wildman–Crippen MR) is 107 cm³/mol. The maximum Gasteiger partial charge on any atom is 0.278 e. The van der Waals surface area contributed by atoms with Gasteiger partial charge in [-0.2, -0.15) is 0 Å². The highest BCUT2D eigenvalue weighted by Crippen LogP contribution is 2.37. The smallest absolute Gasteiger partial charge is 0.278 e. The molecule has 5 rings (SSSR count). The molecule has 0 aliphatic carbocycles. The Morgan fingerprint density at radius 3 is 2.73 bits per heavy atom. The molecule has 3 aromatic rings. The number of fused-ring (bicyclic) bond motifs is 1. The van der Waals surface area contributed by atoms with Gasteiger partial charge in [-0.25, -0.2) is 9.97 Å². The van der Waals surface area contributed by atoms with E-state index < -0.39 is 36.7 Å². The molecule has 2 aromatic heterocycles. The number of aromatic amines is 1. The van der Waals surface area contributed by atoms with Crippen molar-refractivity contribution in [3.05, 3.63) is 52.6 Å². The van der Waals surface area contributed by atoms with E-state index >= 15 is 0 Å². The third-order valence-corrected chi connectivity index (χ3v) is 5.98. The number of nitrogens with zero attached hydrogens (tertiary/aromatic N) is 4. The van der Waals surface area contributed by atoms with E-state index in [4.69, 9.17) is 4.74 Å². The normalized spacial score (nSPS) is 29.2. The molecule has 0 bridgehead atoms. The van der Waals surface area contributed by atoms with Crippen molar-refractivity contribution in [3.8, 4) is 0 Å². The minimum Gasteiger partial charge on any atom is -0.394 e. The zero-order valence-electron chi connectivity index (χ0n) is 16.1. The number of aromatic nitrogens is 4. The highest BCUT2D eigenvalue weighted by atomic mass is 16.6. The van der Waals surface area contributed by atoms with Gasteiger partial charge in [-0.1, -0.05) is 30.3 Å². The Bertz CT molecular complexity index is 1100. The quantitative estimate of drug-likeness (QED) is 0.459. The molecule has 1 aromatic carbocycles. The SMILES string of the molecule is O=c1[nH]cnc2c1nc(N1CCC(c3ccccc3)C1)n2[C@@H]1O[C@H](CO)C(O)C1O. The van der Waals surface area contributed by atoms with Crippen LogP contribution in [0.25, 0.3) is 11.2 Å². The minimum absolute atomic E-state index is 0.133. The summed E-state index contributed by atoms with van der Waals surface area (Å²) in [6.45, 7) is 0.945. The zero-order chi connectivity index (χ0) is 20.8. The monoisotopic (exact) mass is 413 g/mol. The number of aliphatic hydroxyl groups is 3. The number of imidazole rings is 1. The van der Waals surface area contributed by atoms with Gasteiger partial charge in [0.2, 0.25) is 5.95 Å². The standard InChI is InChI=1S/C20H23N5O5/c26-9-13-15(27)16(28)19(30-13)25-17-14(18(29)22-10-21-17)23-20(25)24-7-6-12(8-24)11-4-2-1-3-5-11/h1-5,10,12-13,15-16,19,26-28H,6-9H2,(H,21,22,29)/t12?,13-,15?,16?,19-/m1/s1. The van der Waals surface area contributed by atoms with E-state index in [9.17, 15) is 20.1 Å². The highest BCUT2D eigenvalue weighted by molar-refractivity contribution is 5.74. The Kier molecular flexibility index (Phi) is 4.78. The van der Waals surface area contributed by atoms with Gasteiger partial charge in [-0.15, -0.1) is 0 Å². The lowest BCUT2D eigenvalue weighted by Gasteiger charge is -2.24. The third kappa shape index (κ3) is 3.00. The molecule has 10 nitrogen and oxygen atoms in total. The first kappa shape index (κ1) is 19.2. The predicted octanol–water partition coefficient (Wildman–Crippen LogP) is -0.275. The molecule has 0 saturated carbocycles. The second-order valence-corrected chi connectivity index (χ2v) is 7.76. The zero-order valence-corrected chi connectivity index (χ0v) is 16.1. The van der Waals surface area contributed by atoms with Crippen molar-refractivity contribution in [2.45, 2.75) is 36.9 Å². The summed E-state index contributed by atoms with van der Waals surface area (Å²) in [5, 5.41) is 30.3. The lowest BCUT2D eigenvalue weighted by Crippen LogP contribution is -2.34. The van der Waals surface area contributed by atoms with E-state index in [1.807, 2.05) is 23.1 Å². The van der Waals surface area contributed by atoms with E-state index in [2.05, 4.69) is 27.1 Å². The molecule has 0 amide bonds. The van der Waals surface area contributed by atoms with Crippen LogP contribution in [-0.4, -0.2) is 72.8 Å². The fourth-order valence-electron chi connectivity index (χ4n) is 4.40. The molecular weight excluding hydrogens is 390 g/mol. The number of benzene rings is 1. The summed E-state index contributed by atoms with van der Waals surface area (Å²) >= 11 is 0. The summed E-state index contributed by atoms with van der Waals surface area (Å²) < 4.78 is 7.29. The van der Waals surface area contributed by atoms with E-state index in [0.29, 0.717) is 25.0 Å². The number of anilines is 1. The number of hydrogen-bond acceptors (Lipinski definition) is 8. The first-order valence-electron chi connectivity index (χ1n) is 9.96. The van der Waals surface area contributed by atoms with E-state index in [1.165, 1.54) is 11.9 Å². The number of H-pyrrole nitrogens is 1. The maximum atomic E-state index is 12.3. The van der Waals surface area contributed by atoms with Gasteiger partial charge in [0.1, 0.15) is 18.3 Å². The van der Waals surface area contributed by atoms with E-state index in [-0.39, 0.29) is 11.2 Å². The average Bonchev–Trinajstić information content (AvgIpc) is 3.46. The van der Waals surface area contributed by atoms with E-state index in [1.54, 1.807) is 4.57 Å². The largest absolute Gasteiger partial charge is 0.394 e. The van der Waals surface area contributed by atoms with Crippen LogP contribution < -0.4 is 10.5 Å². The molecule has 0 spiro atoms. The molecular formula is C20H23N5O5. The van der Waals surface area contributed by atoms with Gasteiger partial charge in [0, 0.05) is 19.0 Å². The van der Waals surface area contributed by atoms with E-state index in [0.717, 1.165) is 6.42 Å². The number of rotatable bonds is 4. The van der Waals surface area contributed by atoms with Crippen molar-refractivity contribution in [2.75, 3.05) is 24.6 Å². The van der Waals surface area contributed by atoms with Gasteiger partial charge in [-0.05, 0) is 12.0 Å². The molecule has 10 heteroatoms. The Morgan fingerprint density at radius 1 is 1.20 bits per heavy atom. The van der Waals surface area contributed by atoms with Gasteiger partial charge in [0.05, 0.1) is 12.9 Å². The number of hydrogen-bond donors (Lipinski definition) is 4. The average molecular weight is 413 g/mol. The summed E-state index contributed by atoms with van der Waals surface area (Å²) in [5.74, 6) is 0.748. The molecule has 158 valence electrons. The van der Waals surface area contributed by atoms with Crippen LogP contribution in [0.15, 0.2) is 41.5 Å². The van der Waals surface area contributed by atoms with Crippen molar-refractivity contribution >= 4 is 17.1 Å². The van der Waals surface area contributed by atoms with Crippen molar-refractivity contribution in [1.82, 2.24) is 19.5 Å². The van der Waals surface area contributed by atoms with Gasteiger partial charge in [0.15, 0.2) is 17.4 Å². The van der Waals surface area contributed by atoms with Gasteiger partial charge in [-0.3, -0.25) is 9.36 Å².